The summed E-state index contributed by atoms with van der Waals surface area (Å²) in [6, 6.07) is 77.3. The summed E-state index contributed by atoms with van der Waals surface area (Å²) < 4.78 is 0. The molecule has 6 heteroatoms. The molecule has 2 aliphatic carbocycles. The van der Waals surface area contributed by atoms with Crippen molar-refractivity contribution in [2.45, 2.75) is 10.8 Å². The molecule has 2 bridgehead atoms. The number of Topliss-reactive ketones (excluding diaryl/α,β-unsaturated/α-hetero) is 1. The van der Waals surface area contributed by atoms with E-state index in [1.54, 1.807) is 0 Å². The average molecular weight is 934 g/mol. The molecule has 0 saturated carbocycles. The molecule has 1 heterocycles. The molecule has 0 N–H and O–H groups in total. The maximum atomic E-state index is 17.5. The predicted molar refractivity (Wildman–Crippen MR) is 278 cm³/mol. The number of benzene rings is 9. The number of hydrogen-bond donors (Lipinski definition) is 0. The molecule has 12 rings (SSSR count). The number of alkyl halides is 4. The SMILES string of the molecule is ClCCl.ClCCl.O=C1[C@]2(c3ccccc3)c3c(-c4ccccc4)c(-c4ccccc4)c(-c4ccccc4)c(-c4ccccc4)c3[C@@]1(c1ccccc1)c1c2c2cccnc2c2ccccc12. The van der Waals surface area contributed by atoms with Gasteiger partial charge < -0.3 is 0 Å². The number of carbonyl (C=O) groups excluding carboxylic acids is 1. The van der Waals surface area contributed by atoms with Gasteiger partial charge in [-0.25, -0.2) is 0 Å². The smallest absolute Gasteiger partial charge is 0.171 e. The lowest BCUT2D eigenvalue weighted by Gasteiger charge is -2.39. The summed E-state index contributed by atoms with van der Waals surface area (Å²) in [6.45, 7) is 0. The fourth-order valence-corrected chi connectivity index (χ4v) is 11.1. The molecule has 0 radical (unpaired) electrons. The molecule has 9 aromatic carbocycles. The fraction of sp³-hybridized carbons (Fsp3) is 0.0667. The number of carbonyl (C=O) groups is 1. The van der Waals surface area contributed by atoms with Gasteiger partial charge in [-0.3, -0.25) is 9.78 Å². The lowest BCUT2D eigenvalue weighted by molar-refractivity contribution is -0.122. The van der Waals surface area contributed by atoms with Crippen LogP contribution in [0.2, 0.25) is 0 Å². The zero-order valence-electron chi connectivity index (χ0n) is 35.6. The second kappa shape index (κ2) is 18.4. The Hall–Kier alpha value is -6.52. The van der Waals surface area contributed by atoms with E-state index in [9.17, 15) is 0 Å². The minimum absolute atomic E-state index is 0.150. The molecule has 0 aliphatic heterocycles. The van der Waals surface area contributed by atoms with Crippen LogP contribution in [-0.2, 0) is 15.6 Å². The molecule has 0 amide bonds. The minimum atomic E-state index is -1.24. The Bertz CT molecular complexity index is 3130. The molecular weight excluding hydrogens is 892 g/mol. The molecule has 0 spiro atoms. The van der Waals surface area contributed by atoms with E-state index < -0.39 is 10.8 Å². The zero-order chi connectivity index (χ0) is 45.3. The van der Waals surface area contributed by atoms with E-state index in [2.05, 4.69) is 212 Å². The summed E-state index contributed by atoms with van der Waals surface area (Å²) in [5, 5.41) is 3.48. The highest BCUT2D eigenvalue weighted by molar-refractivity contribution is 6.41. The molecule has 0 saturated heterocycles. The van der Waals surface area contributed by atoms with Crippen molar-refractivity contribution in [1.82, 2.24) is 4.98 Å². The molecule has 10 aromatic rings. The van der Waals surface area contributed by atoms with E-state index in [1.165, 1.54) is 0 Å². The van der Waals surface area contributed by atoms with Crippen LogP contribution in [0.4, 0.5) is 0 Å². The highest BCUT2D eigenvalue weighted by atomic mass is 35.5. The number of rotatable bonds is 6. The number of fused-ring (bicyclic) bond motifs is 13. The van der Waals surface area contributed by atoms with Gasteiger partial charge in [0.15, 0.2) is 5.78 Å². The zero-order valence-corrected chi connectivity index (χ0v) is 38.7. The first-order chi connectivity index (χ1) is 32.6. The summed E-state index contributed by atoms with van der Waals surface area (Å²) in [6.07, 6.45) is 1.88. The van der Waals surface area contributed by atoms with Gasteiger partial charge in [-0.2, -0.15) is 0 Å². The number of hydrogen-bond acceptors (Lipinski definition) is 2. The second-order valence-corrected chi connectivity index (χ2v) is 17.8. The molecule has 2 aliphatic rings. The third-order valence-electron chi connectivity index (χ3n) is 13.1. The fourth-order valence-electron chi connectivity index (χ4n) is 11.1. The summed E-state index contributed by atoms with van der Waals surface area (Å²) in [5.74, 6) is 0.150. The molecule has 1 aromatic heterocycles. The van der Waals surface area contributed by atoms with Crippen LogP contribution in [-0.4, -0.2) is 21.4 Å². The van der Waals surface area contributed by atoms with Crippen LogP contribution < -0.4 is 0 Å². The van der Waals surface area contributed by atoms with E-state index in [1.807, 2.05) is 12.3 Å². The normalized spacial score (nSPS) is 16.5. The van der Waals surface area contributed by atoms with Gasteiger partial charge in [0.2, 0.25) is 0 Å². The minimum Gasteiger partial charge on any atom is -0.296 e. The summed E-state index contributed by atoms with van der Waals surface area (Å²) in [4.78, 5) is 22.6. The molecule has 0 unspecified atom stereocenters. The largest absolute Gasteiger partial charge is 0.296 e. The van der Waals surface area contributed by atoms with Gasteiger partial charge in [0, 0.05) is 17.0 Å². The quantitative estimate of drug-likeness (QED) is 0.123. The number of nitrogens with zero attached hydrogens (tertiary/aromatic N) is 1. The van der Waals surface area contributed by atoms with Gasteiger partial charge in [0.25, 0.3) is 0 Å². The van der Waals surface area contributed by atoms with E-state index >= 15 is 4.79 Å². The van der Waals surface area contributed by atoms with Gasteiger partial charge >= 0.3 is 0 Å². The Morgan fingerprint density at radius 3 is 1.03 bits per heavy atom. The first kappa shape index (κ1) is 43.4. The highest BCUT2D eigenvalue weighted by Crippen LogP contribution is 2.73. The maximum absolute atomic E-state index is 17.5. The number of ketones is 1. The van der Waals surface area contributed by atoms with E-state index in [4.69, 9.17) is 51.4 Å². The first-order valence-electron chi connectivity index (χ1n) is 21.8. The van der Waals surface area contributed by atoms with Gasteiger partial charge in [-0.15, -0.1) is 46.4 Å². The first-order valence-corrected chi connectivity index (χ1v) is 23.9. The van der Waals surface area contributed by atoms with Crippen molar-refractivity contribution >= 4 is 73.9 Å². The van der Waals surface area contributed by atoms with Gasteiger partial charge in [-0.05, 0) is 89.3 Å². The van der Waals surface area contributed by atoms with Crippen LogP contribution in [0, 0.1) is 0 Å². The van der Waals surface area contributed by atoms with Crippen LogP contribution in [0.25, 0.3) is 66.2 Å². The van der Waals surface area contributed by atoms with E-state index in [-0.39, 0.29) is 16.5 Å². The van der Waals surface area contributed by atoms with Crippen LogP contribution in [0.5, 0.6) is 0 Å². The van der Waals surface area contributed by atoms with Crippen LogP contribution in [0.15, 0.2) is 225 Å². The van der Waals surface area contributed by atoms with Crippen molar-refractivity contribution in [1.29, 1.82) is 0 Å². The van der Waals surface area contributed by atoms with Crippen molar-refractivity contribution in [2.75, 3.05) is 10.7 Å². The summed E-state index contributed by atoms with van der Waals surface area (Å²) in [7, 11) is 0. The highest BCUT2D eigenvalue weighted by Gasteiger charge is 2.72. The number of halogens is 4. The standard InChI is InChI=1S/C58H37NO.2CH2Cl2/c60-56-57(42-30-15-5-16-31-42)51-44-34-19-20-35-45(44)55-46(36-21-37-59-55)52(51)58(56,43-32-17-6-18-33-43)54-50(41-28-13-4-14-29-41)48(39-24-9-2-10-25-39)47(38-22-7-1-8-23-38)49(53(54)57)40-26-11-3-12-27-40;2*2-1-3/h1-37H;2*1H2/t57-,58+;;/m1../s1. The Labute approximate surface area is 405 Å². The molecule has 2 atom stereocenters. The predicted octanol–water partition coefficient (Wildman–Crippen LogP) is 16.5. The molecule has 0 fully saturated rings. The van der Waals surface area contributed by atoms with Crippen molar-refractivity contribution in [3.63, 3.8) is 0 Å². The van der Waals surface area contributed by atoms with Gasteiger partial charge in [0.05, 0.1) is 16.2 Å². The van der Waals surface area contributed by atoms with Crippen LogP contribution in [0.1, 0.15) is 33.4 Å². The van der Waals surface area contributed by atoms with E-state index in [0.29, 0.717) is 0 Å². The molecule has 320 valence electrons. The Balaban J connectivity index is 0.000000811. The summed E-state index contributed by atoms with van der Waals surface area (Å²) >= 11 is 19.1. The molecule has 2 nitrogen and oxygen atoms in total. The summed E-state index contributed by atoms with van der Waals surface area (Å²) in [5.41, 5.74) is 13.2. The van der Waals surface area contributed by atoms with Gasteiger partial charge in [0.1, 0.15) is 10.8 Å². The Morgan fingerprint density at radius 1 is 0.333 bits per heavy atom. The van der Waals surface area contributed by atoms with Crippen LogP contribution in [0.3, 0.4) is 0 Å². The lowest BCUT2D eigenvalue weighted by Crippen LogP contribution is -2.37. The van der Waals surface area contributed by atoms with Crippen LogP contribution >= 0.6 is 46.4 Å². The topological polar surface area (TPSA) is 30.0 Å². The van der Waals surface area contributed by atoms with Crippen molar-refractivity contribution in [3.8, 4) is 44.5 Å². The third-order valence-corrected chi connectivity index (χ3v) is 13.1. The number of pyridine rings is 1. The lowest BCUT2D eigenvalue weighted by atomic mass is 9.61. The monoisotopic (exact) mass is 931 g/mol. The molecular formula is C60H41Cl4NO. The second-order valence-electron chi connectivity index (χ2n) is 16.2. The Kier molecular flexibility index (Phi) is 12.1. The molecule has 66 heavy (non-hydrogen) atoms. The van der Waals surface area contributed by atoms with E-state index in [0.717, 1.165) is 99.6 Å². The third kappa shape index (κ3) is 6.54. The van der Waals surface area contributed by atoms with Gasteiger partial charge in [-0.1, -0.05) is 212 Å². The van der Waals surface area contributed by atoms with Crippen molar-refractivity contribution in [2.24, 2.45) is 0 Å². The van der Waals surface area contributed by atoms with Crippen molar-refractivity contribution in [3.05, 3.63) is 258 Å². The number of aromatic nitrogens is 1. The Morgan fingerprint density at radius 2 is 0.636 bits per heavy atom. The average Bonchev–Trinajstić information content (AvgIpc) is 3.77. The van der Waals surface area contributed by atoms with Crippen molar-refractivity contribution < 1.29 is 4.79 Å². The maximum Gasteiger partial charge on any atom is 0.171 e.